The largest absolute Gasteiger partial charge is 0.414 e. The lowest BCUT2D eigenvalue weighted by Gasteiger charge is -2.43. The molecule has 1 nitrogen and oxygen atoms in total. The first-order chi connectivity index (χ1) is 5.72. The van der Waals surface area contributed by atoms with Crippen LogP contribution in [0.3, 0.4) is 0 Å². The minimum absolute atomic E-state index is 0.364. The second kappa shape index (κ2) is 3.81. The van der Waals surface area contributed by atoms with Gasteiger partial charge in [0.2, 0.25) is 0 Å². The zero-order valence-electron chi connectivity index (χ0n) is 9.36. The normalized spacial score (nSPS) is 30.0. The molecule has 0 aromatic heterocycles. The van der Waals surface area contributed by atoms with Gasteiger partial charge in [0.15, 0.2) is 8.32 Å². The van der Waals surface area contributed by atoms with Crippen LogP contribution in [0.25, 0.3) is 0 Å². The Morgan fingerprint density at radius 1 is 1.23 bits per heavy atom. The standard InChI is InChI=1S/C10H21IOSi/c1-10(2,3)13(4,5)12-9-6-8(11)7-9/h8-9H,6-7H2,1-5H3. The van der Waals surface area contributed by atoms with Crippen LogP contribution in [-0.4, -0.2) is 18.3 Å². The molecular weight excluding hydrogens is 291 g/mol. The van der Waals surface area contributed by atoms with Gasteiger partial charge in [-0.2, -0.15) is 0 Å². The smallest absolute Gasteiger partial charge is 0.192 e. The Morgan fingerprint density at radius 2 is 1.69 bits per heavy atom. The molecule has 78 valence electrons. The zero-order valence-corrected chi connectivity index (χ0v) is 12.5. The van der Waals surface area contributed by atoms with Gasteiger partial charge in [-0.05, 0) is 31.0 Å². The zero-order chi connectivity index (χ0) is 10.3. The Balaban J connectivity index is 2.43. The van der Waals surface area contributed by atoms with Crippen molar-refractivity contribution >= 4 is 30.9 Å². The second-order valence-corrected chi connectivity index (χ2v) is 12.1. The first-order valence-electron chi connectivity index (χ1n) is 5.04. The molecule has 0 spiro atoms. The Morgan fingerprint density at radius 3 is 2.00 bits per heavy atom. The molecule has 0 aromatic rings. The second-order valence-electron chi connectivity index (χ2n) is 5.57. The van der Waals surface area contributed by atoms with E-state index in [1.807, 2.05) is 0 Å². The Hall–Kier alpha value is 0.907. The van der Waals surface area contributed by atoms with E-state index in [0.717, 1.165) is 3.92 Å². The molecule has 0 saturated heterocycles. The van der Waals surface area contributed by atoms with E-state index in [9.17, 15) is 0 Å². The summed E-state index contributed by atoms with van der Waals surface area (Å²) in [5, 5.41) is 0.364. The lowest BCUT2D eigenvalue weighted by atomic mass is 9.97. The van der Waals surface area contributed by atoms with E-state index in [1.54, 1.807) is 0 Å². The SMILES string of the molecule is CC(C)(C)[Si](C)(C)OC1CC(I)C1. The van der Waals surface area contributed by atoms with Gasteiger partial charge >= 0.3 is 0 Å². The van der Waals surface area contributed by atoms with Gasteiger partial charge in [0.1, 0.15) is 0 Å². The first kappa shape index (κ1) is 12.0. The molecule has 0 amide bonds. The fourth-order valence-electron chi connectivity index (χ4n) is 1.19. The van der Waals surface area contributed by atoms with Crippen molar-refractivity contribution in [2.24, 2.45) is 0 Å². The summed E-state index contributed by atoms with van der Waals surface area (Å²) in [6, 6.07) is 0. The lowest BCUT2D eigenvalue weighted by molar-refractivity contribution is 0.114. The van der Waals surface area contributed by atoms with E-state index >= 15 is 0 Å². The molecule has 0 heterocycles. The van der Waals surface area contributed by atoms with Crippen molar-refractivity contribution in [3.8, 4) is 0 Å². The van der Waals surface area contributed by atoms with Gasteiger partial charge in [-0.25, -0.2) is 0 Å². The number of alkyl halides is 1. The highest BCUT2D eigenvalue weighted by Gasteiger charge is 2.41. The van der Waals surface area contributed by atoms with E-state index < -0.39 is 8.32 Å². The van der Waals surface area contributed by atoms with Crippen LogP contribution in [0.4, 0.5) is 0 Å². The summed E-state index contributed by atoms with van der Waals surface area (Å²) in [5.41, 5.74) is 0. The molecule has 0 bridgehead atoms. The summed E-state index contributed by atoms with van der Waals surface area (Å²) in [6.45, 7) is 11.6. The van der Waals surface area contributed by atoms with E-state index in [2.05, 4.69) is 56.5 Å². The van der Waals surface area contributed by atoms with Crippen LogP contribution in [0.5, 0.6) is 0 Å². The van der Waals surface area contributed by atoms with Crippen LogP contribution in [0.15, 0.2) is 0 Å². The Kier molecular flexibility index (Phi) is 3.51. The minimum Gasteiger partial charge on any atom is -0.414 e. The van der Waals surface area contributed by atoms with Crippen molar-refractivity contribution in [3.63, 3.8) is 0 Å². The fourth-order valence-corrected chi connectivity index (χ4v) is 3.70. The van der Waals surface area contributed by atoms with Crippen molar-refractivity contribution in [1.29, 1.82) is 0 Å². The van der Waals surface area contributed by atoms with Crippen LogP contribution in [0, 0.1) is 0 Å². The van der Waals surface area contributed by atoms with Crippen molar-refractivity contribution in [1.82, 2.24) is 0 Å². The van der Waals surface area contributed by atoms with E-state index in [-0.39, 0.29) is 0 Å². The Bertz CT molecular complexity index is 180. The molecule has 1 saturated carbocycles. The molecule has 1 rings (SSSR count). The molecule has 0 N–H and O–H groups in total. The monoisotopic (exact) mass is 312 g/mol. The van der Waals surface area contributed by atoms with Gasteiger partial charge in [0, 0.05) is 10.0 Å². The predicted molar refractivity (Wildman–Crippen MR) is 69.1 cm³/mol. The summed E-state index contributed by atoms with van der Waals surface area (Å²) >= 11 is 2.52. The third-order valence-corrected chi connectivity index (χ3v) is 8.86. The summed E-state index contributed by atoms with van der Waals surface area (Å²) in [7, 11) is -1.47. The number of hydrogen-bond donors (Lipinski definition) is 0. The first-order valence-corrected chi connectivity index (χ1v) is 9.19. The van der Waals surface area contributed by atoms with Crippen LogP contribution in [0.1, 0.15) is 33.6 Å². The van der Waals surface area contributed by atoms with Gasteiger partial charge in [-0.1, -0.05) is 43.4 Å². The predicted octanol–water partition coefficient (Wildman–Crippen LogP) is 3.97. The van der Waals surface area contributed by atoms with Crippen molar-refractivity contribution < 1.29 is 4.43 Å². The number of halogens is 1. The Labute approximate surface area is 96.9 Å². The molecule has 0 aliphatic heterocycles. The van der Waals surface area contributed by atoms with E-state index in [0.29, 0.717) is 11.1 Å². The highest BCUT2D eigenvalue weighted by Crippen LogP contribution is 2.41. The van der Waals surface area contributed by atoms with Gasteiger partial charge in [-0.3, -0.25) is 0 Å². The van der Waals surface area contributed by atoms with Crippen LogP contribution < -0.4 is 0 Å². The third-order valence-electron chi connectivity index (χ3n) is 3.30. The maximum atomic E-state index is 6.24. The van der Waals surface area contributed by atoms with Gasteiger partial charge < -0.3 is 4.43 Å². The number of hydrogen-bond acceptors (Lipinski definition) is 1. The molecule has 1 fully saturated rings. The maximum absolute atomic E-state index is 6.24. The number of rotatable bonds is 2. The maximum Gasteiger partial charge on any atom is 0.192 e. The average Bonchev–Trinajstić information content (AvgIpc) is 1.80. The topological polar surface area (TPSA) is 9.23 Å². The average molecular weight is 312 g/mol. The molecule has 0 radical (unpaired) electrons. The van der Waals surface area contributed by atoms with Gasteiger partial charge in [0.25, 0.3) is 0 Å². The molecular formula is C10H21IOSi. The van der Waals surface area contributed by atoms with Crippen molar-refractivity contribution in [2.75, 3.05) is 0 Å². The molecule has 1 aliphatic carbocycles. The molecule has 0 unspecified atom stereocenters. The summed E-state index contributed by atoms with van der Waals surface area (Å²) in [5.74, 6) is 0. The fraction of sp³-hybridized carbons (Fsp3) is 1.00. The molecule has 3 heteroatoms. The van der Waals surface area contributed by atoms with Crippen LogP contribution in [-0.2, 0) is 4.43 Å². The molecule has 13 heavy (non-hydrogen) atoms. The summed E-state index contributed by atoms with van der Waals surface area (Å²) in [4.78, 5) is 0. The van der Waals surface area contributed by atoms with Crippen LogP contribution >= 0.6 is 22.6 Å². The molecule has 0 aromatic carbocycles. The van der Waals surface area contributed by atoms with Crippen molar-refractivity contribution in [2.45, 2.75) is 61.8 Å². The summed E-state index contributed by atoms with van der Waals surface area (Å²) in [6.07, 6.45) is 3.11. The quantitative estimate of drug-likeness (QED) is 0.426. The van der Waals surface area contributed by atoms with Gasteiger partial charge in [-0.15, -0.1) is 0 Å². The molecule has 1 aliphatic rings. The molecule has 0 atom stereocenters. The lowest BCUT2D eigenvalue weighted by Crippen LogP contribution is -2.47. The van der Waals surface area contributed by atoms with Crippen molar-refractivity contribution in [3.05, 3.63) is 0 Å². The highest BCUT2D eigenvalue weighted by molar-refractivity contribution is 14.1. The minimum atomic E-state index is -1.47. The van der Waals surface area contributed by atoms with Gasteiger partial charge in [0.05, 0.1) is 0 Å². The van der Waals surface area contributed by atoms with E-state index in [1.165, 1.54) is 12.8 Å². The van der Waals surface area contributed by atoms with E-state index in [4.69, 9.17) is 4.43 Å². The highest BCUT2D eigenvalue weighted by atomic mass is 127. The van der Waals surface area contributed by atoms with Crippen LogP contribution in [0.2, 0.25) is 18.1 Å². The summed E-state index contributed by atoms with van der Waals surface area (Å²) < 4.78 is 7.11. The third kappa shape index (κ3) is 2.93.